The summed E-state index contributed by atoms with van der Waals surface area (Å²) in [7, 11) is 0. The Balaban J connectivity index is 1.84. The Kier molecular flexibility index (Phi) is 5.06. The van der Waals surface area contributed by atoms with E-state index in [4.69, 9.17) is 5.73 Å². The number of rotatable bonds is 5. The van der Waals surface area contributed by atoms with Crippen LogP contribution in [0.15, 0.2) is 42.7 Å². The SMILES string of the molecule is NC(=O)C(O)c1ncc(-c2cccc(Nc3nccc(C(F)(F)F)n3)c2)s1. The van der Waals surface area contributed by atoms with Gasteiger partial charge >= 0.3 is 6.18 Å². The zero-order valence-corrected chi connectivity index (χ0v) is 14.3. The van der Waals surface area contributed by atoms with Crippen molar-refractivity contribution in [1.29, 1.82) is 0 Å². The summed E-state index contributed by atoms with van der Waals surface area (Å²) < 4.78 is 38.2. The number of aliphatic hydroxyl groups excluding tert-OH is 1. The fraction of sp³-hybridized carbons (Fsp3) is 0.125. The molecule has 1 amide bonds. The average molecular weight is 395 g/mol. The summed E-state index contributed by atoms with van der Waals surface area (Å²) >= 11 is 1.07. The number of aliphatic hydroxyl groups is 1. The second-order valence-corrected chi connectivity index (χ2v) is 6.40. The van der Waals surface area contributed by atoms with Crippen LogP contribution in [0.25, 0.3) is 10.4 Å². The number of thiazole rings is 1. The largest absolute Gasteiger partial charge is 0.433 e. The van der Waals surface area contributed by atoms with Gasteiger partial charge in [-0.25, -0.2) is 15.0 Å². The lowest BCUT2D eigenvalue weighted by Gasteiger charge is -2.09. The van der Waals surface area contributed by atoms with E-state index >= 15 is 0 Å². The van der Waals surface area contributed by atoms with Crippen LogP contribution in [0.5, 0.6) is 0 Å². The summed E-state index contributed by atoms with van der Waals surface area (Å²) in [6, 6.07) is 7.48. The summed E-state index contributed by atoms with van der Waals surface area (Å²) in [5, 5.41) is 12.5. The van der Waals surface area contributed by atoms with Crippen LogP contribution in [0.1, 0.15) is 16.8 Å². The van der Waals surface area contributed by atoms with Crippen LogP contribution in [0.4, 0.5) is 24.8 Å². The van der Waals surface area contributed by atoms with Crippen LogP contribution in [0.3, 0.4) is 0 Å². The third-order valence-corrected chi connectivity index (χ3v) is 4.48. The van der Waals surface area contributed by atoms with Crippen molar-refractivity contribution in [2.75, 3.05) is 5.32 Å². The Labute approximate surface area is 154 Å². The molecule has 11 heteroatoms. The maximum atomic E-state index is 12.7. The Morgan fingerprint density at radius 3 is 2.74 bits per heavy atom. The highest BCUT2D eigenvalue weighted by Crippen LogP contribution is 2.32. The molecule has 0 aliphatic rings. The average Bonchev–Trinajstić information content (AvgIpc) is 3.11. The van der Waals surface area contributed by atoms with Crippen molar-refractivity contribution >= 4 is 28.9 Å². The van der Waals surface area contributed by atoms with Crippen LogP contribution in [-0.4, -0.2) is 26.0 Å². The number of carbonyl (C=O) groups is 1. The number of halogens is 3. The molecular formula is C16H12F3N5O2S. The molecule has 27 heavy (non-hydrogen) atoms. The maximum absolute atomic E-state index is 12.7. The second kappa shape index (κ2) is 7.29. The summed E-state index contributed by atoms with van der Waals surface area (Å²) in [6.45, 7) is 0. The molecule has 140 valence electrons. The van der Waals surface area contributed by atoms with Crippen LogP contribution in [-0.2, 0) is 11.0 Å². The van der Waals surface area contributed by atoms with E-state index in [1.807, 2.05) is 0 Å². The van der Waals surface area contributed by atoms with Gasteiger partial charge in [0.05, 0.1) is 4.88 Å². The molecule has 1 unspecified atom stereocenters. The lowest BCUT2D eigenvalue weighted by atomic mass is 10.2. The zero-order chi connectivity index (χ0) is 19.6. The smallest absolute Gasteiger partial charge is 0.376 e. The summed E-state index contributed by atoms with van der Waals surface area (Å²) in [5.74, 6) is -1.11. The van der Waals surface area contributed by atoms with E-state index in [0.29, 0.717) is 16.1 Å². The van der Waals surface area contributed by atoms with Crippen LogP contribution >= 0.6 is 11.3 Å². The van der Waals surface area contributed by atoms with Crippen LogP contribution in [0, 0.1) is 0 Å². The van der Waals surface area contributed by atoms with E-state index in [9.17, 15) is 23.1 Å². The molecule has 1 atom stereocenters. The molecular weight excluding hydrogens is 383 g/mol. The molecule has 0 saturated carbocycles. The molecule has 1 aromatic carbocycles. The molecule has 0 bridgehead atoms. The molecule has 3 aromatic rings. The van der Waals surface area contributed by atoms with Crippen molar-refractivity contribution in [3.63, 3.8) is 0 Å². The number of carbonyl (C=O) groups excluding carboxylic acids is 1. The van der Waals surface area contributed by atoms with E-state index in [2.05, 4.69) is 20.3 Å². The summed E-state index contributed by atoms with van der Waals surface area (Å²) in [4.78, 5) is 22.9. The van der Waals surface area contributed by atoms with Crippen LogP contribution < -0.4 is 11.1 Å². The quantitative estimate of drug-likeness (QED) is 0.612. The van der Waals surface area contributed by atoms with Gasteiger partial charge in [0.15, 0.2) is 6.10 Å². The van der Waals surface area contributed by atoms with Gasteiger partial charge in [-0.15, -0.1) is 11.3 Å². The standard InChI is InChI=1S/C16H12F3N5O2S/c17-16(18,19)11-4-5-21-15(24-11)23-9-3-1-2-8(6-9)10-7-22-14(27-10)12(25)13(20)26/h1-7,12,25H,(H2,20,26)(H,21,23,24). The summed E-state index contributed by atoms with van der Waals surface area (Å²) in [6.07, 6.45) is -3.58. The minimum Gasteiger partial charge on any atom is -0.376 e. The van der Waals surface area contributed by atoms with Gasteiger partial charge < -0.3 is 16.2 Å². The molecule has 7 nitrogen and oxygen atoms in total. The Morgan fingerprint density at radius 2 is 2.04 bits per heavy atom. The Morgan fingerprint density at radius 1 is 1.26 bits per heavy atom. The van der Waals surface area contributed by atoms with Gasteiger partial charge in [-0.05, 0) is 23.8 Å². The number of alkyl halides is 3. The number of primary amides is 1. The minimum atomic E-state index is -4.57. The van der Waals surface area contributed by atoms with Gasteiger partial charge in [-0.2, -0.15) is 13.2 Å². The molecule has 0 fully saturated rings. The topological polar surface area (TPSA) is 114 Å². The first-order valence-electron chi connectivity index (χ1n) is 7.45. The first-order valence-corrected chi connectivity index (χ1v) is 8.26. The van der Waals surface area contributed by atoms with Gasteiger partial charge in [0.25, 0.3) is 5.91 Å². The van der Waals surface area contributed by atoms with Gasteiger partial charge in [-0.1, -0.05) is 12.1 Å². The maximum Gasteiger partial charge on any atom is 0.433 e. The van der Waals surface area contributed by atoms with Gasteiger partial charge in [0, 0.05) is 18.1 Å². The molecule has 0 spiro atoms. The summed E-state index contributed by atoms with van der Waals surface area (Å²) in [5.41, 5.74) is 5.12. The van der Waals surface area contributed by atoms with Crippen LogP contribution in [0.2, 0.25) is 0 Å². The van der Waals surface area contributed by atoms with Crippen molar-refractivity contribution in [2.24, 2.45) is 5.73 Å². The predicted molar refractivity (Wildman–Crippen MR) is 92.0 cm³/mol. The number of nitrogens with zero attached hydrogens (tertiary/aromatic N) is 3. The van der Waals surface area contributed by atoms with Crippen molar-refractivity contribution in [2.45, 2.75) is 12.3 Å². The number of hydrogen-bond donors (Lipinski definition) is 3. The monoisotopic (exact) mass is 395 g/mol. The highest BCUT2D eigenvalue weighted by molar-refractivity contribution is 7.15. The molecule has 0 radical (unpaired) electrons. The van der Waals surface area contributed by atoms with Crippen molar-refractivity contribution in [1.82, 2.24) is 15.0 Å². The number of hydrogen-bond acceptors (Lipinski definition) is 7. The fourth-order valence-electron chi connectivity index (χ4n) is 2.13. The first kappa shape index (κ1) is 18.7. The second-order valence-electron chi connectivity index (χ2n) is 5.34. The Bertz CT molecular complexity index is 976. The minimum absolute atomic E-state index is 0.150. The van der Waals surface area contributed by atoms with Crippen molar-refractivity contribution in [3.8, 4) is 10.4 Å². The number of anilines is 2. The highest BCUT2D eigenvalue weighted by Gasteiger charge is 2.32. The van der Waals surface area contributed by atoms with E-state index in [1.54, 1.807) is 24.3 Å². The van der Waals surface area contributed by atoms with Gasteiger partial charge in [0.1, 0.15) is 10.7 Å². The van der Waals surface area contributed by atoms with Crippen molar-refractivity contribution < 1.29 is 23.1 Å². The molecule has 0 aliphatic carbocycles. The molecule has 2 aromatic heterocycles. The van der Waals surface area contributed by atoms with Crippen molar-refractivity contribution in [3.05, 3.63) is 53.4 Å². The highest BCUT2D eigenvalue weighted by atomic mass is 32.1. The number of amides is 1. The van der Waals surface area contributed by atoms with E-state index in [1.165, 1.54) is 6.20 Å². The third kappa shape index (κ3) is 4.38. The lowest BCUT2D eigenvalue weighted by Crippen LogP contribution is -2.20. The van der Waals surface area contributed by atoms with Gasteiger partial charge in [0.2, 0.25) is 5.95 Å². The normalized spacial score (nSPS) is 12.6. The number of nitrogens with one attached hydrogen (secondary N) is 1. The first-order chi connectivity index (χ1) is 12.7. The van der Waals surface area contributed by atoms with E-state index < -0.39 is 23.9 Å². The Hall–Kier alpha value is -3.05. The predicted octanol–water partition coefficient (Wildman–Crippen LogP) is 2.88. The lowest BCUT2D eigenvalue weighted by molar-refractivity contribution is -0.141. The molecule has 0 saturated heterocycles. The number of nitrogens with two attached hydrogens (primary N) is 1. The van der Waals surface area contributed by atoms with E-state index in [0.717, 1.165) is 23.6 Å². The fourth-order valence-corrected chi connectivity index (χ4v) is 3.03. The van der Waals surface area contributed by atoms with Gasteiger partial charge in [-0.3, -0.25) is 4.79 Å². The number of aromatic nitrogens is 3. The zero-order valence-electron chi connectivity index (χ0n) is 13.4. The number of benzene rings is 1. The molecule has 2 heterocycles. The van der Waals surface area contributed by atoms with E-state index in [-0.39, 0.29) is 11.0 Å². The molecule has 0 aliphatic heterocycles. The third-order valence-electron chi connectivity index (χ3n) is 3.38. The molecule has 4 N–H and O–H groups in total. The molecule has 3 rings (SSSR count).